The highest BCUT2D eigenvalue weighted by Crippen LogP contribution is 2.31. The van der Waals surface area contributed by atoms with Crippen LogP contribution in [0.3, 0.4) is 0 Å². The molecule has 1 aliphatic rings. The molecule has 1 saturated heterocycles. The molecule has 37 heavy (non-hydrogen) atoms. The highest BCUT2D eigenvalue weighted by atomic mass is 19.4. The Hall–Kier alpha value is -3.93. The largest absolute Gasteiger partial charge is 0.408 e. The fourth-order valence-corrected chi connectivity index (χ4v) is 4.51. The van der Waals surface area contributed by atoms with E-state index in [4.69, 9.17) is 0 Å². The lowest BCUT2D eigenvalue weighted by Crippen LogP contribution is -2.43. The summed E-state index contributed by atoms with van der Waals surface area (Å²) in [6.07, 6.45) is 3.28. The number of nitrogens with one attached hydrogen (secondary N) is 3. The van der Waals surface area contributed by atoms with E-state index in [0.29, 0.717) is 22.4 Å². The van der Waals surface area contributed by atoms with E-state index >= 15 is 0 Å². The summed E-state index contributed by atoms with van der Waals surface area (Å²) in [6, 6.07) is 3.31. The lowest BCUT2D eigenvalue weighted by Gasteiger charge is -2.28. The zero-order valence-electron chi connectivity index (χ0n) is 20.3. The summed E-state index contributed by atoms with van der Waals surface area (Å²) in [6.45, 7) is 2.64. The molecule has 1 aliphatic heterocycles. The summed E-state index contributed by atoms with van der Waals surface area (Å²) in [5.41, 5.74) is 3.04. The standard InChI is InChI=1S/C25H26F3N7O2/c1-14(25(26,27)28)32-24(37)20-13-31-35-8-5-16(9-21(20)35)19-12-30-22-18(19)10-17(11-29-22)33-23(36)15-3-6-34(2)7-4-15/h5,8-15H,3-4,6-7H2,1-2H3,(H,29,30)(H,32,37)(H,33,36)/t14-/m1/s1. The highest BCUT2D eigenvalue weighted by molar-refractivity contribution is 6.03. The fourth-order valence-electron chi connectivity index (χ4n) is 4.51. The fraction of sp³-hybridized carbons (Fsp3) is 0.360. The number of amides is 2. The molecule has 1 fully saturated rings. The van der Waals surface area contributed by atoms with Gasteiger partial charge in [-0.3, -0.25) is 9.59 Å². The van der Waals surface area contributed by atoms with Crippen molar-refractivity contribution in [3.63, 3.8) is 0 Å². The number of aromatic amines is 1. The molecule has 194 valence electrons. The Bertz CT molecular complexity index is 1470. The topological polar surface area (TPSA) is 107 Å². The Morgan fingerprint density at radius 3 is 2.68 bits per heavy atom. The first kappa shape index (κ1) is 24.8. The molecule has 0 bridgehead atoms. The maximum absolute atomic E-state index is 12.9. The summed E-state index contributed by atoms with van der Waals surface area (Å²) >= 11 is 0. The van der Waals surface area contributed by atoms with Crippen molar-refractivity contribution < 1.29 is 22.8 Å². The summed E-state index contributed by atoms with van der Waals surface area (Å²) in [5, 5.41) is 9.80. The summed E-state index contributed by atoms with van der Waals surface area (Å²) in [7, 11) is 2.04. The number of aromatic nitrogens is 4. The Labute approximate surface area is 210 Å². The predicted molar refractivity (Wildman–Crippen MR) is 132 cm³/mol. The molecule has 0 saturated carbocycles. The van der Waals surface area contributed by atoms with Crippen molar-refractivity contribution in [3.8, 4) is 11.1 Å². The number of fused-ring (bicyclic) bond motifs is 2. The number of H-pyrrole nitrogens is 1. The van der Waals surface area contributed by atoms with E-state index in [1.54, 1.807) is 30.7 Å². The minimum Gasteiger partial charge on any atom is -0.346 e. The number of alkyl halides is 3. The van der Waals surface area contributed by atoms with Gasteiger partial charge in [-0.2, -0.15) is 18.3 Å². The van der Waals surface area contributed by atoms with E-state index in [0.717, 1.165) is 43.8 Å². The van der Waals surface area contributed by atoms with E-state index < -0.39 is 18.1 Å². The average molecular weight is 514 g/mol. The van der Waals surface area contributed by atoms with Gasteiger partial charge >= 0.3 is 6.18 Å². The number of hydrogen-bond acceptors (Lipinski definition) is 5. The van der Waals surface area contributed by atoms with Crippen LogP contribution in [0, 0.1) is 5.92 Å². The molecule has 9 nitrogen and oxygen atoms in total. The van der Waals surface area contributed by atoms with E-state index in [2.05, 4.69) is 25.3 Å². The van der Waals surface area contributed by atoms with Gasteiger partial charge in [0.2, 0.25) is 5.91 Å². The summed E-state index contributed by atoms with van der Waals surface area (Å²) in [5.74, 6) is -0.946. The zero-order valence-corrected chi connectivity index (χ0v) is 20.3. The molecule has 1 atom stereocenters. The number of piperidine rings is 1. The Kier molecular flexibility index (Phi) is 6.36. The second kappa shape index (κ2) is 9.51. The molecule has 2 amide bonds. The van der Waals surface area contributed by atoms with E-state index in [1.165, 1.54) is 10.7 Å². The van der Waals surface area contributed by atoms with E-state index in [-0.39, 0.29) is 17.4 Å². The van der Waals surface area contributed by atoms with Crippen molar-refractivity contribution in [1.29, 1.82) is 0 Å². The van der Waals surface area contributed by atoms with Crippen LogP contribution in [0.5, 0.6) is 0 Å². The van der Waals surface area contributed by atoms with Crippen molar-refractivity contribution in [2.24, 2.45) is 5.92 Å². The first-order valence-electron chi connectivity index (χ1n) is 11.9. The van der Waals surface area contributed by atoms with Crippen molar-refractivity contribution in [3.05, 3.63) is 48.5 Å². The van der Waals surface area contributed by atoms with Gasteiger partial charge in [-0.25, -0.2) is 9.50 Å². The minimum absolute atomic E-state index is 0.0296. The Morgan fingerprint density at radius 1 is 1.19 bits per heavy atom. The van der Waals surface area contributed by atoms with Crippen LogP contribution in [-0.2, 0) is 4.79 Å². The number of carbonyl (C=O) groups is 2. The molecule has 0 aromatic carbocycles. The first-order chi connectivity index (χ1) is 17.6. The van der Waals surface area contributed by atoms with Gasteiger partial charge in [0.15, 0.2) is 0 Å². The van der Waals surface area contributed by atoms with Crippen LogP contribution in [0.2, 0.25) is 0 Å². The molecular formula is C25H26F3N7O2. The van der Waals surface area contributed by atoms with Gasteiger partial charge in [-0.15, -0.1) is 0 Å². The van der Waals surface area contributed by atoms with Crippen molar-refractivity contribution >= 4 is 34.1 Å². The van der Waals surface area contributed by atoms with Crippen molar-refractivity contribution in [2.75, 3.05) is 25.5 Å². The molecule has 4 aromatic heterocycles. The highest BCUT2D eigenvalue weighted by Gasteiger charge is 2.37. The van der Waals surface area contributed by atoms with Crippen LogP contribution in [0.1, 0.15) is 30.1 Å². The second-order valence-electron chi connectivity index (χ2n) is 9.43. The lowest BCUT2D eigenvalue weighted by atomic mass is 9.96. The van der Waals surface area contributed by atoms with Gasteiger partial charge in [0.1, 0.15) is 11.7 Å². The van der Waals surface area contributed by atoms with Gasteiger partial charge in [0.05, 0.1) is 29.2 Å². The molecule has 0 aliphatic carbocycles. The minimum atomic E-state index is -4.55. The quantitative estimate of drug-likeness (QED) is 0.376. The molecule has 0 unspecified atom stereocenters. The Balaban J connectivity index is 1.42. The van der Waals surface area contributed by atoms with Crippen LogP contribution < -0.4 is 10.6 Å². The van der Waals surface area contributed by atoms with Crippen LogP contribution in [0.4, 0.5) is 18.9 Å². The number of hydrogen-bond donors (Lipinski definition) is 3. The number of carbonyl (C=O) groups excluding carboxylic acids is 2. The molecule has 5 heterocycles. The number of halogens is 3. The third-order valence-corrected chi connectivity index (χ3v) is 6.80. The molecule has 4 aromatic rings. The van der Waals surface area contributed by atoms with Crippen molar-refractivity contribution in [1.82, 2.24) is 29.8 Å². The maximum Gasteiger partial charge on any atom is 0.408 e. The number of likely N-dealkylation sites (tertiary alicyclic amines) is 1. The maximum atomic E-state index is 12.9. The van der Waals surface area contributed by atoms with E-state index in [1.807, 2.05) is 18.4 Å². The molecule has 5 rings (SSSR count). The van der Waals surface area contributed by atoms with Crippen LogP contribution in [-0.4, -0.2) is 68.7 Å². The van der Waals surface area contributed by atoms with Crippen molar-refractivity contribution in [2.45, 2.75) is 32.0 Å². The SMILES string of the molecule is C[C@@H](NC(=O)c1cnn2ccc(-c3c[nH]c4ncc(NC(=O)C5CCN(C)CC5)cc34)cc12)C(F)(F)F. The number of rotatable bonds is 5. The third-order valence-electron chi connectivity index (χ3n) is 6.80. The van der Waals surface area contributed by atoms with Gasteiger partial charge in [-0.05, 0) is 63.7 Å². The number of anilines is 1. The molecular weight excluding hydrogens is 487 g/mol. The summed E-state index contributed by atoms with van der Waals surface area (Å²) in [4.78, 5) is 35.1. The monoisotopic (exact) mass is 513 g/mol. The number of nitrogens with zero attached hydrogens (tertiary/aromatic N) is 4. The van der Waals surface area contributed by atoms with Crippen LogP contribution in [0.15, 0.2) is 43.0 Å². The summed E-state index contributed by atoms with van der Waals surface area (Å²) < 4.78 is 40.2. The third kappa shape index (κ3) is 5.01. The average Bonchev–Trinajstić information content (AvgIpc) is 3.47. The lowest BCUT2D eigenvalue weighted by molar-refractivity contribution is -0.149. The Morgan fingerprint density at radius 2 is 1.95 bits per heavy atom. The number of pyridine rings is 2. The predicted octanol–water partition coefficient (Wildman–Crippen LogP) is 3.84. The van der Waals surface area contributed by atoms with Gasteiger partial charge in [-0.1, -0.05) is 0 Å². The van der Waals surface area contributed by atoms with Gasteiger partial charge < -0.3 is 20.5 Å². The van der Waals surface area contributed by atoms with Crippen LogP contribution in [0.25, 0.3) is 27.7 Å². The second-order valence-corrected chi connectivity index (χ2v) is 9.43. The smallest absolute Gasteiger partial charge is 0.346 e. The normalized spacial score (nSPS) is 16.2. The molecule has 0 spiro atoms. The molecule has 0 radical (unpaired) electrons. The zero-order chi connectivity index (χ0) is 26.3. The van der Waals surface area contributed by atoms with Crippen LogP contribution >= 0.6 is 0 Å². The molecule has 12 heteroatoms. The van der Waals surface area contributed by atoms with Gasteiger partial charge in [0.25, 0.3) is 5.91 Å². The first-order valence-corrected chi connectivity index (χ1v) is 11.9. The molecule has 3 N–H and O–H groups in total. The van der Waals surface area contributed by atoms with E-state index in [9.17, 15) is 22.8 Å². The van der Waals surface area contributed by atoms with Gasteiger partial charge in [0, 0.05) is 29.3 Å².